The Bertz CT molecular complexity index is 386. The van der Waals surface area contributed by atoms with Crippen molar-refractivity contribution in [2.45, 2.75) is 38.6 Å². The molecule has 1 atom stereocenters. The van der Waals surface area contributed by atoms with Gasteiger partial charge in [0.05, 0.1) is 0 Å². The van der Waals surface area contributed by atoms with E-state index in [1.807, 2.05) is 4.90 Å². The molecule has 0 spiro atoms. The molecule has 0 radical (unpaired) electrons. The highest BCUT2D eigenvalue weighted by Crippen LogP contribution is 2.19. The van der Waals surface area contributed by atoms with Gasteiger partial charge in [0.25, 0.3) is 5.91 Å². The number of carbonyl (C=O) groups is 1. The number of aromatic hydroxyl groups is 1. The molecular weight excluding hydrogens is 214 g/mol. The largest absolute Gasteiger partial charge is 0.508 e. The number of carbonyl (C=O) groups excluding carboxylic acids is 1. The Morgan fingerprint density at radius 2 is 1.94 bits per heavy atom. The van der Waals surface area contributed by atoms with Crippen molar-refractivity contribution in [1.29, 1.82) is 0 Å². The number of rotatable bonds is 1. The lowest BCUT2D eigenvalue weighted by Gasteiger charge is -2.27. The number of hydrogen-bond acceptors (Lipinski definition) is 2. The summed E-state index contributed by atoms with van der Waals surface area (Å²) in [5.41, 5.74) is 0.663. The fourth-order valence-electron chi connectivity index (χ4n) is 2.35. The summed E-state index contributed by atoms with van der Waals surface area (Å²) in [6, 6.07) is 6.83. The molecule has 1 saturated heterocycles. The first-order valence-corrected chi connectivity index (χ1v) is 6.28. The maximum atomic E-state index is 12.3. The number of amides is 1. The maximum Gasteiger partial charge on any atom is 0.254 e. The van der Waals surface area contributed by atoms with Gasteiger partial charge >= 0.3 is 0 Å². The summed E-state index contributed by atoms with van der Waals surface area (Å²) in [7, 11) is 0. The molecule has 1 heterocycles. The molecule has 17 heavy (non-hydrogen) atoms. The van der Waals surface area contributed by atoms with Crippen LogP contribution in [0.5, 0.6) is 5.75 Å². The normalized spacial score (nSPS) is 21.0. The first-order chi connectivity index (χ1) is 8.18. The van der Waals surface area contributed by atoms with E-state index in [-0.39, 0.29) is 11.7 Å². The van der Waals surface area contributed by atoms with E-state index in [2.05, 4.69) is 6.92 Å². The van der Waals surface area contributed by atoms with Crippen molar-refractivity contribution in [2.24, 2.45) is 0 Å². The van der Waals surface area contributed by atoms with Gasteiger partial charge in [0.2, 0.25) is 0 Å². The lowest BCUT2D eigenvalue weighted by molar-refractivity contribution is 0.0698. The Morgan fingerprint density at radius 3 is 2.65 bits per heavy atom. The Morgan fingerprint density at radius 1 is 1.24 bits per heavy atom. The Hall–Kier alpha value is -1.51. The van der Waals surface area contributed by atoms with Gasteiger partial charge in [0, 0.05) is 18.2 Å². The highest BCUT2D eigenvalue weighted by molar-refractivity contribution is 5.94. The summed E-state index contributed by atoms with van der Waals surface area (Å²) in [5.74, 6) is 0.282. The minimum absolute atomic E-state index is 0.0828. The van der Waals surface area contributed by atoms with Crippen molar-refractivity contribution >= 4 is 5.91 Å². The predicted molar refractivity (Wildman–Crippen MR) is 67.1 cm³/mol. The van der Waals surface area contributed by atoms with Gasteiger partial charge in [-0.3, -0.25) is 4.79 Å². The molecule has 92 valence electrons. The van der Waals surface area contributed by atoms with Crippen LogP contribution in [-0.2, 0) is 0 Å². The van der Waals surface area contributed by atoms with E-state index < -0.39 is 0 Å². The van der Waals surface area contributed by atoms with Crippen molar-refractivity contribution in [1.82, 2.24) is 4.90 Å². The van der Waals surface area contributed by atoms with Crippen LogP contribution in [0.15, 0.2) is 24.3 Å². The highest BCUT2D eigenvalue weighted by Gasteiger charge is 2.22. The molecule has 1 aromatic rings. The fraction of sp³-hybridized carbons (Fsp3) is 0.500. The number of benzene rings is 1. The van der Waals surface area contributed by atoms with Crippen LogP contribution in [0.25, 0.3) is 0 Å². The monoisotopic (exact) mass is 233 g/mol. The molecule has 0 aliphatic carbocycles. The van der Waals surface area contributed by atoms with E-state index in [9.17, 15) is 9.90 Å². The summed E-state index contributed by atoms with van der Waals surface area (Å²) in [6.45, 7) is 2.96. The molecule has 0 bridgehead atoms. The van der Waals surface area contributed by atoms with E-state index in [1.54, 1.807) is 24.3 Å². The Balaban J connectivity index is 2.15. The zero-order chi connectivity index (χ0) is 12.3. The van der Waals surface area contributed by atoms with Gasteiger partial charge in [-0.1, -0.05) is 12.8 Å². The molecule has 0 aromatic heterocycles. The average molecular weight is 233 g/mol. The zero-order valence-corrected chi connectivity index (χ0v) is 10.2. The van der Waals surface area contributed by atoms with Gasteiger partial charge in [-0.2, -0.15) is 0 Å². The van der Waals surface area contributed by atoms with E-state index in [4.69, 9.17) is 0 Å². The van der Waals surface area contributed by atoms with Crippen LogP contribution in [0.3, 0.4) is 0 Å². The molecule has 1 amide bonds. The van der Waals surface area contributed by atoms with Gasteiger partial charge in [-0.15, -0.1) is 0 Å². The van der Waals surface area contributed by atoms with Crippen LogP contribution in [0, 0.1) is 0 Å². The Labute approximate surface area is 102 Å². The number of phenols is 1. The molecule has 3 nitrogen and oxygen atoms in total. The molecule has 1 N–H and O–H groups in total. The molecule has 0 saturated carbocycles. The van der Waals surface area contributed by atoms with E-state index in [1.165, 1.54) is 12.8 Å². The predicted octanol–water partition coefficient (Wildman–Crippen LogP) is 2.80. The minimum atomic E-state index is 0.0828. The third-order valence-electron chi connectivity index (χ3n) is 3.43. The second kappa shape index (κ2) is 5.21. The molecule has 1 fully saturated rings. The van der Waals surface area contributed by atoms with Gasteiger partial charge in [-0.25, -0.2) is 0 Å². The first-order valence-electron chi connectivity index (χ1n) is 6.28. The van der Waals surface area contributed by atoms with Crippen LogP contribution in [-0.4, -0.2) is 28.5 Å². The third-order valence-corrected chi connectivity index (χ3v) is 3.43. The smallest absolute Gasteiger partial charge is 0.254 e. The summed E-state index contributed by atoms with van der Waals surface area (Å²) < 4.78 is 0. The Kier molecular flexibility index (Phi) is 3.67. The van der Waals surface area contributed by atoms with Crippen LogP contribution in [0.1, 0.15) is 43.0 Å². The second-order valence-corrected chi connectivity index (χ2v) is 4.74. The topological polar surface area (TPSA) is 40.5 Å². The standard InChI is InChI=1S/C14H19NO2/c1-11-5-3-2-4-10-15(11)14(17)12-6-8-13(16)9-7-12/h6-9,11,16H,2-5,10H2,1H3. The summed E-state index contributed by atoms with van der Waals surface area (Å²) >= 11 is 0. The summed E-state index contributed by atoms with van der Waals surface area (Å²) in [4.78, 5) is 14.3. The van der Waals surface area contributed by atoms with Gasteiger partial charge in [-0.05, 0) is 44.0 Å². The van der Waals surface area contributed by atoms with Crippen LogP contribution < -0.4 is 0 Å². The summed E-state index contributed by atoms with van der Waals surface area (Å²) in [5, 5.41) is 9.22. The molecule has 2 rings (SSSR count). The SMILES string of the molecule is CC1CCCCCN1C(=O)c1ccc(O)cc1. The van der Waals surface area contributed by atoms with E-state index >= 15 is 0 Å². The first kappa shape index (κ1) is 12.0. The molecular formula is C14H19NO2. The van der Waals surface area contributed by atoms with E-state index in [0.717, 1.165) is 19.4 Å². The molecule has 1 aromatic carbocycles. The minimum Gasteiger partial charge on any atom is -0.508 e. The quantitative estimate of drug-likeness (QED) is 0.810. The number of likely N-dealkylation sites (tertiary alicyclic amines) is 1. The molecule has 1 unspecified atom stereocenters. The van der Waals surface area contributed by atoms with Crippen molar-refractivity contribution < 1.29 is 9.90 Å². The van der Waals surface area contributed by atoms with Crippen molar-refractivity contribution in [3.63, 3.8) is 0 Å². The third kappa shape index (κ3) is 2.78. The van der Waals surface area contributed by atoms with Crippen molar-refractivity contribution in [3.8, 4) is 5.75 Å². The van der Waals surface area contributed by atoms with Crippen LogP contribution >= 0.6 is 0 Å². The summed E-state index contributed by atoms with van der Waals surface area (Å²) in [6.07, 6.45) is 4.60. The average Bonchev–Trinajstić information content (AvgIpc) is 2.54. The lowest BCUT2D eigenvalue weighted by Crippen LogP contribution is -2.38. The number of hydrogen-bond donors (Lipinski definition) is 1. The van der Waals surface area contributed by atoms with Gasteiger partial charge in [0.1, 0.15) is 5.75 Å². The molecule has 1 aliphatic heterocycles. The molecule has 3 heteroatoms. The van der Waals surface area contributed by atoms with E-state index in [0.29, 0.717) is 11.6 Å². The van der Waals surface area contributed by atoms with Gasteiger partial charge < -0.3 is 10.0 Å². The zero-order valence-electron chi connectivity index (χ0n) is 10.2. The highest BCUT2D eigenvalue weighted by atomic mass is 16.3. The van der Waals surface area contributed by atoms with Crippen molar-refractivity contribution in [3.05, 3.63) is 29.8 Å². The van der Waals surface area contributed by atoms with Crippen LogP contribution in [0.4, 0.5) is 0 Å². The number of phenolic OH excluding ortho intramolecular Hbond substituents is 1. The molecule has 1 aliphatic rings. The fourth-order valence-corrected chi connectivity index (χ4v) is 2.35. The maximum absolute atomic E-state index is 12.3. The van der Waals surface area contributed by atoms with Crippen LogP contribution in [0.2, 0.25) is 0 Å². The second-order valence-electron chi connectivity index (χ2n) is 4.74. The number of nitrogens with zero attached hydrogens (tertiary/aromatic N) is 1. The van der Waals surface area contributed by atoms with Gasteiger partial charge in [0.15, 0.2) is 0 Å². The van der Waals surface area contributed by atoms with Crippen molar-refractivity contribution in [2.75, 3.05) is 6.54 Å². The lowest BCUT2D eigenvalue weighted by atomic mass is 10.1.